The molecule has 0 N–H and O–H groups in total. The summed E-state index contributed by atoms with van der Waals surface area (Å²) in [6.07, 6.45) is 3.72. The van der Waals surface area contributed by atoms with Crippen molar-refractivity contribution in [1.82, 2.24) is 14.7 Å². The minimum absolute atomic E-state index is 0.0444. The topological polar surface area (TPSA) is 38.1 Å². The maximum Gasteiger partial charge on any atom is 0.253 e. The first-order chi connectivity index (χ1) is 11.5. The molecule has 0 aliphatic rings. The number of para-hydroxylation sites is 1. The first-order valence-electron chi connectivity index (χ1n) is 7.34. The van der Waals surface area contributed by atoms with E-state index in [0.29, 0.717) is 17.1 Å². The second-order valence-corrected chi connectivity index (χ2v) is 6.99. The second kappa shape index (κ2) is 7.36. The quantitative estimate of drug-likeness (QED) is 0.552. The molecule has 3 aromatic rings. The maximum atomic E-state index is 12.5. The number of benzene rings is 2. The molecule has 2 aromatic carbocycles. The molecule has 0 spiro atoms. The summed E-state index contributed by atoms with van der Waals surface area (Å²) in [6, 6.07) is 15.2. The molecule has 6 heteroatoms. The second-order valence-electron chi connectivity index (χ2n) is 5.42. The molecule has 0 saturated heterocycles. The number of hydrogen-bond donors (Lipinski definition) is 0. The zero-order valence-electron chi connectivity index (χ0n) is 13.0. The van der Waals surface area contributed by atoms with Crippen LogP contribution in [0, 0.1) is 3.57 Å². The fraction of sp³-hybridized carbons (Fsp3) is 0.111. The third-order valence-corrected chi connectivity index (χ3v) is 5.13. The summed E-state index contributed by atoms with van der Waals surface area (Å²) in [7, 11) is 1.78. The van der Waals surface area contributed by atoms with Crippen molar-refractivity contribution in [1.29, 1.82) is 0 Å². The predicted molar refractivity (Wildman–Crippen MR) is 104 cm³/mol. The molecular weight excluding hydrogens is 437 g/mol. The van der Waals surface area contributed by atoms with Gasteiger partial charge in [-0.25, -0.2) is 4.68 Å². The molecule has 0 atom stereocenters. The zero-order valence-corrected chi connectivity index (χ0v) is 15.9. The van der Waals surface area contributed by atoms with E-state index in [-0.39, 0.29) is 5.91 Å². The molecular formula is C18H15ClIN3O. The van der Waals surface area contributed by atoms with Crippen LogP contribution in [-0.2, 0) is 6.54 Å². The molecule has 3 rings (SSSR count). The lowest BCUT2D eigenvalue weighted by Crippen LogP contribution is -2.26. The van der Waals surface area contributed by atoms with Crippen LogP contribution < -0.4 is 0 Å². The lowest BCUT2D eigenvalue weighted by molar-refractivity contribution is 0.0785. The Kier molecular flexibility index (Phi) is 5.20. The molecule has 1 aromatic heterocycles. The van der Waals surface area contributed by atoms with E-state index in [9.17, 15) is 4.79 Å². The number of rotatable bonds is 4. The molecule has 0 radical (unpaired) electrons. The number of aromatic nitrogens is 2. The standard InChI is InChI=1S/C18H15ClIN3O/c1-22(18(24)14-7-8-16(19)17(20)9-14)11-13-10-21-23(12-13)15-5-3-2-4-6-15/h2-10,12H,11H2,1H3. The highest BCUT2D eigenvalue weighted by atomic mass is 127. The number of halogens is 2. The molecule has 0 bridgehead atoms. The van der Waals surface area contributed by atoms with Gasteiger partial charge in [0.1, 0.15) is 0 Å². The number of nitrogens with zero attached hydrogens (tertiary/aromatic N) is 3. The highest BCUT2D eigenvalue weighted by Crippen LogP contribution is 2.20. The Hall–Kier alpha value is -1.86. The lowest BCUT2D eigenvalue weighted by atomic mass is 10.2. The highest BCUT2D eigenvalue weighted by molar-refractivity contribution is 14.1. The van der Waals surface area contributed by atoms with E-state index in [2.05, 4.69) is 27.7 Å². The number of amides is 1. The Labute approximate surface area is 159 Å². The zero-order chi connectivity index (χ0) is 17.1. The summed E-state index contributed by atoms with van der Waals surface area (Å²) < 4.78 is 2.67. The van der Waals surface area contributed by atoms with E-state index in [4.69, 9.17) is 11.6 Å². The maximum absolute atomic E-state index is 12.5. The summed E-state index contributed by atoms with van der Waals surface area (Å²) in [6.45, 7) is 0.491. The first-order valence-corrected chi connectivity index (χ1v) is 8.80. The van der Waals surface area contributed by atoms with Gasteiger partial charge in [-0.05, 0) is 52.9 Å². The number of hydrogen-bond acceptors (Lipinski definition) is 2. The van der Waals surface area contributed by atoms with E-state index < -0.39 is 0 Å². The molecule has 4 nitrogen and oxygen atoms in total. The van der Waals surface area contributed by atoms with Crippen LogP contribution >= 0.6 is 34.2 Å². The smallest absolute Gasteiger partial charge is 0.253 e. The molecule has 1 heterocycles. The van der Waals surface area contributed by atoms with Gasteiger partial charge in [0.2, 0.25) is 0 Å². The van der Waals surface area contributed by atoms with E-state index in [0.717, 1.165) is 14.8 Å². The summed E-state index contributed by atoms with van der Waals surface area (Å²) in [5, 5.41) is 5.01. The third kappa shape index (κ3) is 3.79. The summed E-state index contributed by atoms with van der Waals surface area (Å²) in [4.78, 5) is 14.2. The van der Waals surface area contributed by atoms with Crippen LogP contribution in [0.15, 0.2) is 60.9 Å². The third-order valence-electron chi connectivity index (χ3n) is 3.59. The first kappa shape index (κ1) is 17.0. The Morgan fingerprint density at radius 1 is 1.25 bits per heavy atom. The van der Waals surface area contributed by atoms with Gasteiger partial charge in [0.05, 0.1) is 16.9 Å². The van der Waals surface area contributed by atoms with Gasteiger partial charge in [0.15, 0.2) is 0 Å². The van der Waals surface area contributed by atoms with Crippen LogP contribution in [0.1, 0.15) is 15.9 Å². The highest BCUT2D eigenvalue weighted by Gasteiger charge is 2.14. The molecule has 122 valence electrons. The Morgan fingerprint density at radius 3 is 2.71 bits per heavy atom. The molecule has 0 saturated carbocycles. The largest absolute Gasteiger partial charge is 0.337 e. The van der Waals surface area contributed by atoms with Gasteiger partial charge in [-0.1, -0.05) is 29.8 Å². The molecule has 0 aliphatic carbocycles. The van der Waals surface area contributed by atoms with Crippen molar-refractivity contribution in [3.8, 4) is 5.69 Å². The van der Waals surface area contributed by atoms with Crippen LogP contribution in [0.4, 0.5) is 0 Å². The van der Waals surface area contributed by atoms with Crippen molar-refractivity contribution in [2.24, 2.45) is 0 Å². The van der Waals surface area contributed by atoms with Crippen molar-refractivity contribution in [2.45, 2.75) is 6.54 Å². The minimum Gasteiger partial charge on any atom is -0.337 e. The van der Waals surface area contributed by atoms with Gasteiger partial charge in [0.25, 0.3) is 5.91 Å². The average molecular weight is 452 g/mol. The Morgan fingerprint density at radius 2 is 2.00 bits per heavy atom. The van der Waals surface area contributed by atoms with E-state index in [1.54, 1.807) is 41.0 Å². The van der Waals surface area contributed by atoms with Crippen LogP contribution in [0.5, 0.6) is 0 Å². The summed E-state index contributed by atoms with van der Waals surface area (Å²) >= 11 is 8.14. The van der Waals surface area contributed by atoms with Gasteiger partial charge < -0.3 is 4.90 Å². The van der Waals surface area contributed by atoms with E-state index in [1.165, 1.54) is 0 Å². The number of carbonyl (C=O) groups is 1. The average Bonchev–Trinajstić information content (AvgIpc) is 3.06. The van der Waals surface area contributed by atoms with Gasteiger partial charge >= 0.3 is 0 Å². The van der Waals surface area contributed by atoms with Crippen molar-refractivity contribution in [2.75, 3.05) is 7.05 Å². The van der Waals surface area contributed by atoms with Crippen LogP contribution in [-0.4, -0.2) is 27.6 Å². The fourth-order valence-electron chi connectivity index (χ4n) is 2.36. The SMILES string of the molecule is CN(Cc1cnn(-c2ccccc2)c1)C(=O)c1ccc(Cl)c(I)c1. The minimum atomic E-state index is -0.0444. The molecule has 0 fully saturated rings. The van der Waals surface area contributed by atoms with Gasteiger partial charge in [-0.15, -0.1) is 0 Å². The molecule has 0 unspecified atom stereocenters. The number of carbonyl (C=O) groups excluding carboxylic acids is 1. The van der Waals surface area contributed by atoms with Crippen LogP contribution in [0.25, 0.3) is 5.69 Å². The Bertz CT molecular complexity index is 864. The fourth-order valence-corrected chi connectivity index (χ4v) is 2.99. The van der Waals surface area contributed by atoms with Crippen molar-refractivity contribution >= 4 is 40.1 Å². The Balaban J connectivity index is 1.72. The van der Waals surface area contributed by atoms with E-state index >= 15 is 0 Å². The van der Waals surface area contributed by atoms with Gasteiger partial charge in [-0.2, -0.15) is 5.10 Å². The van der Waals surface area contributed by atoms with Crippen LogP contribution in [0.2, 0.25) is 5.02 Å². The molecule has 1 amide bonds. The predicted octanol–water partition coefficient (Wildman–Crippen LogP) is 4.40. The van der Waals surface area contributed by atoms with Crippen molar-refractivity contribution < 1.29 is 4.79 Å². The molecule has 24 heavy (non-hydrogen) atoms. The van der Waals surface area contributed by atoms with E-state index in [1.807, 2.05) is 36.5 Å². The van der Waals surface area contributed by atoms with Gasteiger partial charge in [-0.3, -0.25) is 4.79 Å². The normalized spacial score (nSPS) is 10.6. The molecule has 0 aliphatic heterocycles. The summed E-state index contributed by atoms with van der Waals surface area (Å²) in [5.74, 6) is -0.0444. The van der Waals surface area contributed by atoms with Crippen molar-refractivity contribution in [3.05, 3.63) is 80.6 Å². The van der Waals surface area contributed by atoms with Crippen LogP contribution in [0.3, 0.4) is 0 Å². The van der Waals surface area contributed by atoms with Crippen molar-refractivity contribution in [3.63, 3.8) is 0 Å². The van der Waals surface area contributed by atoms with Gasteiger partial charge in [0, 0.05) is 34.5 Å². The monoisotopic (exact) mass is 451 g/mol. The summed E-state index contributed by atoms with van der Waals surface area (Å²) in [5.41, 5.74) is 2.59. The lowest BCUT2D eigenvalue weighted by Gasteiger charge is -2.16.